The van der Waals surface area contributed by atoms with Crippen molar-refractivity contribution in [2.45, 2.75) is 25.4 Å². The zero-order valence-corrected chi connectivity index (χ0v) is 10.1. The molecule has 2 atom stereocenters. The van der Waals surface area contributed by atoms with Crippen molar-refractivity contribution in [1.29, 1.82) is 0 Å². The molecule has 1 aliphatic carbocycles. The van der Waals surface area contributed by atoms with Crippen molar-refractivity contribution >= 4 is 11.6 Å². The molecule has 5 heteroatoms. The van der Waals surface area contributed by atoms with Gasteiger partial charge in [-0.3, -0.25) is 4.79 Å². The topological polar surface area (TPSA) is 58.6 Å². The first kappa shape index (κ1) is 12.8. The minimum absolute atomic E-state index is 0.271. The largest absolute Gasteiger partial charge is 0.497 e. The zero-order chi connectivity index (χ0) is 13.1. The molecule has 0 spiro atoms. The second-order valence-corrected chi connectivity index (χ2v) is 4.47. The summed E-state index contributed by atoms with van der Waals surface area (Å²) < 4.78 is 18.2. The minimum atomic E-state index is -0.597. The van der Waals surface area contributed by atoms with Crippen LogP contribution in [0.4, 0.5) is 10.1 Å². The van der Waals surface area contributed by atoms with Crippen LogP contribution in [0.1, 0.15) is 19.3 Å². The van der Waals surface area contributed by atoms with Crippen molar-refractivity contribution < 1.29 is 19.0 Å². The third-order valence-electron chi connectivity index (χ3n) is 3.19. The van der Waals surface area contributed by atoms with E-state index < -0.39 is 17.8 Å². The summed E-state index contributed by atoms with van der Waals surface area (Å²) in [5, 5.41) is 12.2. The van der Waals surface area contributed by atoms with E-state index in [0.717, 1.165) is 6.42 Å². The fraction of sp³-hybridized carbons (Fsp3) is 0.462. The fourth-order valence-corrected chi connectivity index (χ4v) is 2.23. The first-order chi connectivity index (χ1) is 8.60. The SMILES string of the molecule is COc1cc(F)cc(NC(=O)C2CCCC2O)c1. The number of ether oxygens (including phenoxy) is 1. The van der Waals surface area contributed by atoms with Crippen LogP contribution in [0.3, 0.4) is 0 Å². The molecule has 1 aliphatic rings. The molecular formula is C13H16FNO3. The Balaban J connectivity index is 2.09. The first-order valence-corrected chi connectivity index (χ1v) is 5.93. The second-order valence-electron chi connectivity index (χ2n) is 4.47. The standard InChI is InChI=1S/C13H16FNO3/c1-18-10-6-8(14)5-9(7-10)15-13(17)11-3-2-4-12(11)16/h5-7,11-12,16H,2-4H2,1H3,(H,15,17). The van der Waals surface area contributed by atoms with E-state index in [2.05, 4.69) is 5.32 Å². The molecule has 1 aromatic rings. The van der Waals surface area contributed by atoms with Gasteiger partial charge in [-0.1, -0.05) is 0 Å². The molecule has 18 heavy (non-hydrogen) atoms. The molecule has 2 unspecified atom stereocenters. The summed E-state index contributed by atoms with van der Waals surface area (Å²) in [4.78, 5) is 11.9. The van der Waals surface area contributed by atoms with Crippen LogP contribution >= 0.6 is 0 Å². The molecule has 0 bridgehead atoms. The number of halogens is 1. The number of rotatable bonds is 3. The minimum Gasteiger partial charge on any atom is -0.497 e. The van der Waals surface area contributed by atoms with Crippen LogP contribution in [0.25, 0.3) is 0 Å². The van der Waals surface area contributed by atoms with Crippen LogP contribution in [-0.4, -0.2) is 24.2 Å². The Morgan fingerprint density at radius 3 is 2.83 bits per heavy atom. The number of hydrogen-bond acceptors (Lipinski definition) is 3. The molecular weight excluding hydrogens is 237 g/mol. The van der Waals surface area contributed by atoms with Crippen molar-refractivity contribution in [1.82, 2.24) is 0 Å². The lowest BCUT2D eigenvalue weighted by molar-refractivity contribution is -0.122. The lowest BCUT2D eigenvalue weighted by atomic mass is 10.1. The summed E-state index contributed by atoms with van der Waals surface area (Å²) in [5.74, 6) is -0.805. The number of methoxy groups -OCH3 is 1. The number of amides is 1. The van der Waals surface area contributed by atoms with Gasteiger partial charge in [0, 0.05) is 17.8 Å². The van der Waals surface area contributed by atoms with Crippen LogP contribution in [0, 0.1) is 11.7 Å². The highest BCUT2D eigenvalue weighted by atomic mass is 19.1. The van der Waals surface area contributed by atoms with E-state index in [1.165, 1.54) is 19.2 Å². The molecule has 0 saturated heterocycles. The third-order valence-corrected chi connectivity index (χ3v) is 3.19. The number of nitrogens with one attached hydrogen (secondary N) is 1. The van der Waals surface area contributed by atoms with Gasteiger partial charge >= 0.3 is 0 Å². The molecule has 2 N–H and O–H groups in total. The molecule has 1 amide bonds. The van der Waals surface area contributed by atoms with Gasteiger partial charge in [0.25, 0.3) is 0 Å². The summed E-state index contributed by atoms with van der Waals surface area (Å²) in [6.45, 7) is 0. The first-order valence-electron chi connectivity index (χ1n) is 5.93. The van der Waals surface area contributed by atoms with Crippen molar-refractivity contribution in [2.75, 3.05) is 12.4 Å². The Hall–Kier alpha value is -1.62. The fourth-order valence-electron chi connectivity index (χ4n) is 2.23. The van der Waals surface area contributed by atoms with E-state index in [1.807, 2.05) is 0 Å². The van der Waals surface area contributed by atoms with E-state index in [0.29, 0.717) is 24.3 Å². The molecule has 2 rings (SSSR count). The average Bonchev–Trinajstić information content (AvgIpc) is 2.74. The van der Waals surface area contributed by atoms with Crippen molar-refractivity contribution in [3.63, 3.8) is 0 Å². The predicted octanol–water partition coefficient (Wildman–Crippen LogP) is 1.93. The smallest absolute Gasteiger partial charge is 0.230 e. The van der Waals surface area contributed by atoms with Crippen molar-refractivity contribution in [3.8, 4) is 5.75 Å². The maximum Gasteiger partial charge on any atom is 0.230 e. The number of anilines is 1. The number of hydrogen-bond donors (Lipinski definition) is 2. The van der Waals surface area contributed by atoms with E-state index in [1.54, 1.807) is 6.07 Å². The van der Waals surface area contributed by atoms with E-state index >= 15 is 0 Å². The van der Waals surface area contributed by atoms with Gasteiger partial charge in [0.2, 0.25) is 5.91 Å². The Kier molecular flexibility index (Phi) is 3.81. The average molecular weight is 253 g/mol. The van der Waals surface area contributed by atoms with Gasteiger partial charge in [-0.15, -0.1) is 0 Å². The Morgan fingerprint density at radius 2 is 2.22 bits per heavy atom. The molecule has 0 radical (unpaired) electrons. The number of carbonyl (C=O) groups is 1. The summed E-state index contributed by atoms with van der Waals surface area (Å²) in [5.41, 5.74) is 0.343. The van der Waals surface area contributed by atoms with Gasteiger partial charge in [-0.05, 0) is 25.3 Å². The Labute approximate surface area is 105 Å². The third kappa shape index (κ3) is 2.79. The zero-order valence-electron chi connectivity index (χ0n) is 10.1. The lowest BCUT2D eigenvalue weighted by Crippen LogP contribution is -2.28. The van der Waals surface area contributed by atoms with Crippen LogP contribution in [0.2, 0.25) is 0 Å². The van der Waals surface area contributed by atoms with E-state index in [9.17, 15) is 14.3 Å². The molecule has 0 aromatic heterocycles. The van der Waals surface area contributed by atoms with E-state index in [-0.39, 0.29) is 5.91 Å². The maximum absolute atomic E-state index is 13.2. The number of benzene rings is 1. The van der Waals surface area contributed by atoms with Gasteiger partial charge in [-0.25, -0.2) is 4.39 Å². The highest BCUT2D eigenvalue weighted by Crippen LogP contribution is 2.27. The summed E-state index contributed by atoms with van der Waals surface area (Å²) in [6.07, 6.45) is 1.55. The maximum atomic E-state index is 13.2. The highest BCUT2D eigenvalue weighted by Gasteiger charge is 2.31. The molecule has 1 aromatic carbocycles. The predicted molar refractivity (Wildman–Crippen MR) is 64.9 cm³/mol. The van der Waals surface area contributed by atoms with Gasteiger partial charge in [0.15, 0.2) is 0 Å². The summed E-state index contributed by atoms with van der Waals surface area (Å²) >= 11 is 0. The molecule has 1 fully saturated rings. The molecule has 0 aliphatic heterocycles. The number of aliphatic hydroxyl groups excluding tert-OH is 1. The quantitative estimate of drug-likeness (QED) is 0.865. The molecule has 98 valence electrons. The van der Waals surface area contributed by atoms with E-state index in [4.69, 9.17) is 4.74 Å². The van der Waals surface area contributed by atoms with Crippen LogP contribution in [0.5, 0.6) is 5.75 Å². The van der Waals surface area contributed by atoms with Crippen LogP contribution in [-0.2, 0) is 4.79 Å². The molecule has 4 nitrogen and oxygen atoms in total. The lowest BCUT2D eigenvalue weighted by Gasteiger charge is -2.14. The number of carbonyl (C=O) groups excluding carboxylic acids is 1. The molecule has 0 heterocycles. The van der Waals surface area contributed by atoms with Gasteiger partial charge in [0.1, 0.15) is 11.6 Å². The normalized spacial score (nSPS) is 22.8. The van der Waals surface area contributed by atoms with Crippen molar-refractivity contribution in [2.24, 2.45) is 5.92 Å². The summed E-state index contributed by atoms with van der Waals surface area (Å²) in [7, 11) is 1.43. The number of aliphatic hydroxyl groups is 1. The van der Waals surface area contributed by atoms with Gasteiger partial charge in [0.05, 0.1) is 19.1 Å². The van der Waals surface area contributed by atoms with Crippen LogP contribution < -0.4 is 10.1 Å². The van der Waals surface area contributed by atoms with Crippen molar-refractivity contribution in [3.05, 3.63) is 24.0 Å². The Morgan fingerprint density at radius 1 is 1.44 bits per heavy atom. The second kappa shape index (κ2) is 5.35. The molecule has 1 saturated carbocycles. The highest BCUT2D eigenvalue weighted by molar-refractivity contribution is 5.93. The summed E-state index contributed by atoms with van der Waals surface area (Å²) in [6, 6.07) is 4.00. The van der Waals surface area contributed by atoms with Crippen LogP contribution in [0.15, 0.2) is 18.2 Å². The monoisotopic (exact) mass is 253 g/mol. The Bertz CT molecular complexity index is 450. The van der Waals surface area contributed by atoms with Gasteiger partial charge < -0.3 is 15.2 Å². The van der Waals surface area contributed by atoms with Gasteiger partial charge in [-0.2, -0.15) is 0 Å².